The van der Waals surface area contributed by atoms with E-state index < -0.39 is 23.3 Å². The van der Waals surface area contributed by atoms with Gasteiger partial charge in [-0.05, 0) is 19.1 Å². The number of benzene rings is 1. The predicted molar refractivity (Wildman–Crippen MR) is 58.6 cm³/mol. The van der Waals surface area contributed by atoms with Crippen molar-refractivity contribution in [1.29, 1.82) is 0 Å². The molecule has 0 spiro atoms. The molecule has 0 saturated carbocycles. The lowest BCUT2D eigenvalue weighted by Crippen LogP contribution is -2.15. The predicted octanol–water partition coefficient (Wildman–Crippen LogP) is 1.86. The number of carbonyl (C=O) groups excluding carboxylic acids is 2. The lowest BCUT2D eigenvalue weighted by Gasteiger charge is -2.00. The van der Waals surface area contributed by atoms with Crippen LogP contribution in [0.15, 0.2) is 30.3 Å². The molecule has 0 atom stereocenters. The second-order valence-corrected chi connectivity index (χ2v) is 3.12. The average molecular weight is 238 g/mol. The summed E-state index contributed by atoms with van der Waals surface area (Å²) >= 11 is 0. The molecule has 0 radical (unpaired) electrons. The summed E-state index contributed by atoms with van der Waals surface area (Å²) in [5.41, 5.74) is 0.114. The van der Waals surface area contributed by atoms with E-state index in [2.05, 4.69) is 4.74 Å². The molecule has 0 bridgehead atoms. The molecule has 1 N–H and O–H groups in total. The Morgan fingerprint density at radius 3 is 2.76 bits per heavy atom. The van der Waals surface area contributed by atoms with E-state index in [1.165, 1.54) is 18.2 Å². The van der Waals surface area contributed by atoms with Crippen LogP contribution in [0.4, 0.5) is 4.39 Å². The topological polar surface area (TPSA) is 63.6 Å². The number of aliphatic hydroxyl groups excluding tert-OH is 1. The first-order valence-corrected chi connectivity index (χ1v) is 4.92. The number of hydrogen-bond donors (Lipinski definition) is 1. The summed E-state index contributed by atoms with van der Waals surface area (Å²) in [7, 11) is 0. The first-order chi connectivity index (χ1) is 8.04. The van der Waals surface area contributed by atoms with Crippen molar-refractivity contribution in [3.63, 3.8) is 0 Å². The maximum absolute atomic E-state index is 12.8. The van der Waals surface area contributed by atoms with Gasteiger partial charge in [-0.1, -0.05) is 12.1 Å². The van der Waals surface area contributed by atoms with Crippen LogP contribution in [0.1, 0.15) is 12.5 Å². The first-order valence-electron chi connectivity index (χ1n) is 4.92. The van der Waals surface area contributed by atoms with Crippen molar-refractivity contribution in [1.82, 2.24) is 0 Å². The molecule has 90 valence electrons. The molecule has 0 saturated heterocycles. The highest BCUT2D eigenvalue weighted by atomic mass is 19.1. The Labute approximate surface area is 97.3 Å². The van der Waals surface area contributed by atoms with Crippen LogP contribution in [0.2, 0.25) is 0 Å². The van der Waals surface area contributed by atoms with Gasteiger partial charge in [-0.25, -0.2) is 9.18 Å². The molecule has 1 aromatic rings. The summed E-state index contributed by atoms with van der Waals surface area (Å²) in [6.07, 6.45) is 0.701. The van der Waals surface area contributed by atoms with Crippen LogP contribution in [0.3, 0.4) is 0 Å². The normalized spacial score (nSPS) is 11.1. The number of ketones is 1. The molecular formula is C12H11FO4. The van der Waals surface area contributed by atoms with E-state index >= 15 is 0 Å². The van der Waals surface area contributed by atoms with Crippen molar-refractivity contribution in [3.8, 4) is 0 Å². The summed E-state index contributed by atoms with van der Waals surface area (Å²) in [6, 6.07) is 5.03. The van der Waals surface area contributed by atoms with E-state index in [1.54, 1.807) is 6.92 Å². The maximum Gasteiger partial charge on any atom is 0.379 e. The summed E-state index contributed by atoms with van der Waals surface area (Å²) in [6.45, 7) is 1.63. The monoisotopic (exact) mass is 238 g/mol. The molecule has 0 aromatic heterocycles. The average Bonchev–Trinajstić information content (AvgIpc) is 2.29. The zero-order chi connectivity index (χ0) is 12.8. The van der Waals surface area contributed by atoms with Crippen molar-refractivity contribution in [2.45, 2.75) is 6.92 Å². The number of ether oxygens (including phenoxy) is 1. The van der Waals surface area contributed by atoms with E-state index in [0.717, 1.165) is 6.07 Å². The quantitative estimate of drug-likeness (QED) is 0.376. The standard InChI is InChI=1S/C12H11FO4/c1-2-17-12(16)11(15)7-10(14)8-4-3-5-9(13)6-8/h3-7,14H,2H2,1H3/b10-7+. The van der Waals surface area contributed by atoms with Gasteiger partial charge in [-0.15, -0.1) is 0 Å². The number of esters is 1. The molecule has 5 heteroatoms. The second-order valence-electron chi connectivity index (χ2n) is 3.12. The van der Waals surface area contributed by atoms with Gasteiger partial charge in [0.15, 0.2) is 0 Å². The number of halogens is 1. The van der Waals surface area contributed by atoms with Gasteiger partial charge in [0.05, 0.1) is 6.61 Å². The Morgan fingerprint density at radius 1 is 1.47 bits per heavy atom. The fourth-order valence-electron chi connectivity index (χ4n) is 1.12. The van der Waals surface area contributed by atoms with E-state index in [0.29, 0.717) is 6.08 Å². The van der Waals surface area contributed by atoms with Crippen LogP contribution in [0.25, 0.3) is 5.76 Å². The van der Waals surface area contributed by atoms with Gasteiger partial charge in [-0.3, -0.25) is 4.79 Å². The van der Waals surface area contributed by atoms with Crippen LogP contribution in [-0.2, 0) is 14.3 Å². The SMILES string of the molecule is CCOC(=O)C(=O)/C=C(/O)c1cccc(F)c1. The van der Waals surface area contributed by atoms with E-state index in [1.807, 2.05) is 0 Å². The number of carbonyl (C=O) groups is 2. The highest BCUT2D eigenvalue weighted by Gasteiger charge is 2.13. The van der Waals surface area contributed by atoms with Gasteiger partial charge < -0.3 is 9.84 Å². The molecule has 1 rings (SSSR count). The minimum Gasteiger partial charge on any atom is -0.507 e. The molecule has 0 aliphatic heterocycles. The third-order valence-electron chi connectivity index (χ3n) is 1.86. The maximum atomic E-state index is 12.8. The molecule has 0 aliphatic carbocycles. The molecule has 0 amide bonds. The van der Waals surface area contributed by atoms with Crippen molar-refractivity contribution >= 4 is 17.5 Å². The van der Waals surface area contributed by atoms with E-state index in [4.69, 9.17) is 0 Å². The minimum atomic E-state index is -1.06. The minimum absolute atomic E-state index is 0.0686. The Kier molecular flexibility index (Phi) is 4.39. The highest BCUT2D eigenvalue weighted by molar-refractivity contribution is 6.39. The third-order valence-corrected chi connectivity index (χ3v) is 1.86. The highest BCUT2D eigenvalue weighted by Crippen LogP contribution is 2.12. The lowest BCUT2D eigenvalue weighted by atomic mass is 10.1. The Balaban J connectivity index is 2.86. The van der Waals surface area contributed by atoms with Crippen LogP contribution in [0.5, 0.6) is 0 Å². The Hall–Kier alpha value is -2.17. The van der Waals surface area contributed by atoms with Gasteiger partial charge in [-0.2, -0.15) is 0 Å². The molecular weight excluding hydrogens is 227 g/mol. The fourth-order valence-corrected chi connectivity index (χ4v) is 1.12. The third kappa shape index (κ3) is 3.71. The van der Waals surface area contributed by atoms with Crippen LogP contribution >= 0.6 is 0 Å². The van der Waals surface area contributed by atoms with Gasteiger partial charge in [0, 0.05) is 11.6 Å². The number of rotatable bonds is 4. The second kappa shape index (κ2) is 5.79. The molecule has 17 heavy (non-hydrogen) atoms. The number of aliphatic hydroxyl groups is 1. The molecule has 0 fully saturated rings. The summed E-state index contributed by atoms with van der Waals surface area (Å²) < 4.78 is 17.3. The Morgan fingerprint density at radius 2 is 2.18 bits per heavy atom. The smallest absolute Gasteiger partial charge is 0.379 e. The molecule has 4 nitrogen and oxygen atoms in total. The molecule has 0 heterocycles. The van der Waals surface area contributed by atoms with Crippen LogP contribution in [0, 0.1) is 5.82 Å². The molecule has 1 aromatic carbocycles. The van der Waals surface area contributed by atoms with Gasteiger partial charge in [0.2, 0.25) is 0 Å². The first kappa shape index (κ1) is 12.9. The van der Waals surface area contributed by atoms with Gasteiger partial charge >= 0.3 is 5.97 Å². The fraction of sp³-hybridized carbons (Fsp3) is 0.167. The zero-order valence-corrected chi connectivity index (χ0v) is 9.14. The van der Waals surface area contributed by atoms with E-state index in [9.17, 15) is 19.1 Å². The largest absolute Gasteiger partial charge is 0.507 e. The van der Waals surface area contributed by atoms with E-state index in [-0.39, 0.29) is 12.2 Å². The van der Waals surface area contributed by atoms with Crippen LogP contribution in [-0.4, -0.2) is 23.5 Å². The molecule has 0 aliphatic rings. The van der Waals surface area contributed by atoms with Crippen molar-refractivity contribution < 1.29 is 23.8 Å². The summed E-state index contributed by atoms with van der Waals surface area (Å²) in [5.74, 6) is -3.09. The molecule has 0 unspecified atom stereocenters. The van der Waals surface area contributed by atoms with Crippen molar-refractivity contribution in [2.75, 3.05) is 6.61 Å². The zero-order valence-electron chi connectivity index (χ0n) is 9.14. The van der Waals surface area contributed by atoms with Crippen molar-refractivity contribution in [3.05, 3.63) is 41.7 Å². The summed E-state index contributed by atoms with van der Waals surface area (Å²) in [5, 5.41) is 9.50. The lowest BCUT2D eigenvalue weighted by molar-refractivity contribution is -0.151. The van der Waals surface area contributed by atoms with Crippen molar-refractivity contribution in [2.24, 2.45) is 0 Å². The Bertz CT molecular complexity index is 465. The summed E-state index contributed by atoms with van der Waals surface area (Å²) in [4.78, 5) is 22.2. The van der Waals surface area contributed by atoms with Crippen LogP contribution < -0.4 is 0 Å². The van der Waals surface area contributed by atoms with Gasteiger partial charge in [0.1, 0.15) is 11.6 Å². The van der Waals surface area contributed by atoms with Gasteiger partial charge in [0.25, 0.3) is 5.78 Å². The number of hydrogen-bond acceptors (Lipinski definition) is 4.